The predicted molar refractivity (Wildman–Crippen MR) is 84.0 cm³/mol. The maximum Gasteiger partial charge on any atom is 0.400 e. The van der Waals surface area contributed by atoms with E-state index in [0.29, 0.717) is 0 Å². The number of aromatic nitrogens is 2. The summed E-state index contributed by atoms with van der Waals surface area (Å²) in [6.07, 6.45) is -3.63. The summed E-state index contributed by atoms with van der Waals surface area (Å²) in [6.45, 7) is 2.91. The van der Waals surface area contributed by atoms with Crippen LogP contribution in [-0.2, 0) is 17.3 Å². The minimum Gasteiger partial charge on any atom is -0.269 e. The van der Waals surface area contributed by atoms with E-state index in [2.05, 4.69) is 0 Å². The Morgan fingerprint density at radius 1 is 1.20 bits per heavy atom. The second-order valence-corrected chi connectivity index (χ2v) is 6.64. The molecule has 0 spiro atoms. The second-order valence-electron chi connectivity index (χ2n) is 5.22. The summed E-state index contributed by atoms with van der Waals surface area (Å²) in [5.41, 5.74) is -1.73. The summed E-state index contributed by atoms with van der Waals surface area (Å²) >= 11 is 0. The first-order valence-corrected chi connectivity index (χ1v) is 8.45. The topological polar surface area (TPSA) is 61.1 Å². The molecule has 0 aliphatic heterocycles. The zero-order valence-corrected chi connectivity index (χ0v) is 14.1. The van der Waals surface area contributed by atoms with Crippen LogP contribution in [0.4, 0.5) is 17.6 Å². The molecule has 136 valence electrons. The molecular formula is C15H14F4N2O3S. The van der Waals surface area contributed by atoms with Gasteiger partial charge in [-0.05, 0) is 31.5 Å². The number of rotatable bonds is 4. The van der Waals surface area contributed by atoms with E-state index in [4.69, 9.17) is 0 Å². The molecule has 0 radical (unpaired) electrons. The highest BCUT2D eigenvalue weighted by atomic mass is 32.2. The van der Waals surface area contributed by atoms with Gasteiger partial charge in [0.05, 0.1) is 16.5 Å². The normalized spacial score (nSPS) is 13.0. The quantitative estimate of drug-likeness (QED) is 0.766. The van der Waals surface area contributed by atoms with Crippen molar-refractivity contribution >= 4 is 10.8 Å². The third-order valence-electron chi connectivity index (χ3n) is 3.43. The second kappa shape index (κ2) is 6.95. The van der Waals surface area contributed by atoms with Crippen molar-refractivity contribution in [1.29, 1.82) is 0 Å². The van der Waals surface area contributed by atoms with Crippen LogP contribution < -0.4 is 11.2 Å². The van der Waals surface area contributed by atoms with Gasteiger partial charge in [0.25, 0.3) is 5.56 Å². The summed E-state index contributed by atoms with van der Waals surface area (Å²) in [4.78, 5) is 23.7. The predicted octanol–water partition coefficient (Wildman–Crippen LogP) is 2.14. The van der Waals surface area contributed by atoms with E-state index in [0.717, 1.165) is 33.5 Å². The van der Waals surface area contributed by atoms with Crippen molar-refractivity contribution in [2.75, 3.05) is 5.75 Å². The molecule has 25 heavy (non-hydrogen) atoms. The van der Waals surface area contributed by atoms with Crippen molar-refractivity contribution in [3.63, 3.8) is 0 Å². The largest absolute Gasteiger partial charge is 0.400 e. The highest BCUT2D eigenvalue weighted by Crippen LogP contribution is 2.25. The van der Waals surface area contributed by atoms with Crippen molar-refractivity contribution in [3.8, 4) is 5.69 Å². The van der Waals surface area contributed by atoms with E-state index >= 15 is 0 Å². The molecule has 0 fully saturated rings. The van der Waals surface area contributed by atoms with Crippen LogP contribution in [0.1, 0.15) is 12.5 Å². The van der Waals surface area contributed by atoms with Gasteiger partial charge in [-0.2, -0.15) is 13.2 Å². The van der Waals surface area contributed by atoms with Gasteiger partial charge in [-0.25, -0.2) is 9.18 Å². The standard InChI is InChI=1S/C15H14F4N2O3S/c1-3-20-13(22)4-5-21(14(20)23)11-7-12(9(2)6-10(11)16)25(24)8-15(17,18)19/h4-7H,3,8H2,1-2H3. The highest BCUT2D eigenvalue weighted by Gasteiger charge is 2.32. The van der Waals surface area contributed by atoms with E-state index in [-0.39, 0.29) is 22.7 Å². The van der Waals surface area contributed by atoms with Gasteiger partial charge in [-0.3, -0.25) is 18.1 Å². The number of benzene rings is 1. The van der Waals surface area contributed by atoms with Crippen molar-refractivity contribution in [2.45, 2.75) is 31.5 Å². The highest BCUT2D eigenvalue weighted by molar-refractivity contribution is 7.85. The fourth-order valence-electron chi connectivity index (χ4n) is 2.29. The number of hydrogen-bond donors (Lipinski definition) is 0. The van der Waals surface area contributed by atoms with Gasteiger partial charge in [0.1, 0.15) is 11.6 Å². The molecule has 10 heteroatoms. The molecular weight excluding hydrogens is 364 g/mol. The average Bonchev–Trinajstić information content (AvgIpc) is 2.47. The van der Waals surface area contributed by atoms with Crippen molar-refractivity contribution in [1.82, 2.24) is 9.13 Å². The Morgan fingerprint density at radius 2 is 1.84 bits per heavy atom. The minimum atomic E-state index is -4.65. The summed E-state index contributed by atoms with van der Waals surface area (Å²) in [5.74, 6) is -2.46. The maximum absolute atomic E-state index is 14.3. The molecule has 1 aromatic heterocycles. The lowest BCUT2D eigenvalue weighted by atomic mass is 10.2. The van der Waals surface area contributed by atoms with Gasteiger partial charge in [0.2, 0.25) is 0 Å². The molecule has 1 aromatic carbocycles. The third kappa shape index (κ3) is 4.06. The van der Waals surface area contributed by atoms with Gasteiger partial charge in [0, 0.05) is 23.7 Å². The fraction of sp³-hybridized carbons (Fsp3) is 0.333. The van der Waals surface area contributed by atoms with Gasteiger partial charge < -0.3 is 0 Å². The van der Waals surface area contributed by atoms with Crippen molar-refractivity contribution in [3.05, 3.63) is 56.6 Å². The van der Waals surface area contributed by atoms with Crippen LogP contribution in [0, 0.1) is 12.7 Å². The smallest absolute Gasteiger partial charge is 0.269 e. The van der Waals surface area contributed by atoms with E-state index in [1.54, 1.807) is 6.92 Å². The van der Waals surface area contributed by atoms with Crippen LogP contribution in [0.25, 0.3) is 5.69 Å². The molecule has 0 aliphatic carbocycles. The zero-order chi connectivity index (χ0) is 18.9. The molecule has 0 saturated carbocycles. The number of nitrogens with zero attached hydrogens (tertiary/aromatic N) is 2. The molecule has 0 amide bonds. The summed E-state index contributed by atoms with van der Waals surface area (Å²) < 4.78 is 65.3. The Hall–Kier alpha value is -2.23. The molecule has 0 N–H and O–H groups in total. The molecule has 2 rings (SSSR count). The first-order chi connectivity index (χ1) is 11.5. The number of hydrogen-bond acceptors (Lipinski definition) is 3. The van der Waals surface area contributed by atoms with Gasteiger partial charge in [0.15, 0.2) is 0 Å². The summed E-state index contributed by atoms with van der Waals surface area (Å²) in [5, 5.41) is 0. The molecule has 0 saturated heterocycles. The molecule has 2 aromatic rings. The van der Waals surface area contributed by atoms with E-state index < -0.39 is 39.8 Å². The Kier molecular flexibility index (Phi) is 5.31. The summed E-state index contributed by atoms with van der Waals surface area (Å²) in [6, 6.07) is 2.89. The Labute approximate surface area is 142 Å². The van der Waals surface area contributed by atoms with Gasteiger partial charge in [-0.15, -0.1) is 0 Å². The fourth-order valence-corrected chi connectivity index (χ4v) is 3.40. The monoisotopic (exact) mass is 378 g/mol. The van der Waals surface area contributed by atoms with Gasteiger partial charge >= 0.3 is 11.9 Å². The first kappa shape index (κ1) is 19.1. The molecule has 0 aliphatic rings. The number of aryl methyl sites for hydroxylation is 1. The number of halogens is 4. The Bertz CT molecular complexity index is 947. The van der Waals surface area contributed by atoms with Gasteiger partial charge in [-0.1, -0.05) is 0 Å². The van der Waals surface area contributed by atoms with E-state index in [1.165, 1.54) is 6.92 Å². The molecule has 5 nitrogen and oxygen atoms in total. The molecule has 1 heterocycles. The minimum absolute atomic E-state index is 0.0405. The van der Waals surface area contributed by atoms with Crippen LogP contribution in [0.3, 0.4) is 0 Å². The molecule has 0 bridgehead atoms. The van der Waals surface area contributed by atoms with Crippen molar-refractivity contribution in [2.24, 2.45) is 0 Å². The van der Waals surface area contributed by atoms with Crippen LogP contribution >= 0.6 is 0 Å². The lowest BCUT2D eigenvalue weighted by Gasteiger charge is -2.14. The number of alkyl halides is 3. The van der Waals surface area contributed by atoms with E-state index in [9.17, 15) is 31.4 Å². The lowest BCUT2D eigenvalue weighted by molar-refractivity contribution is -0.105. The average molecular weight is 378 g/mol. The lowest BCUT2D eigenvalue weighted by Crippen LogP contribution is -2.38. The zero-order valence-electron chi connectivity index (χ0n) is 13.3. The van der Waals surface area contributed by atoms with Crippen LogP contribution in [-0.4, -0.2) is 25.3 Å². The Balaban J connectivity index is 2.65. The SMILES string of the molecule is CCn1c(=O)ccn(-c2cc(S(=O)CC(F)(F)F)c(C)cc2F)c1=O. The van der Waals surface area contributed by atoms with E-state index in [1.807, 2.05) is 0 Å². The van der Waals surface area contributed by atoms with Crippen LogP contribution in [0.15, 0.2) is 38.9 Å². The first-order valence-electron chi connectivity index (χ1n) is 7.13. The Morgan fingerprint density at radius 3 is 2.40 bits per heavy atom. The summed E-state index contributed by atoms with van der Waals surface area (Å²) in [7, 11) is -2.45. The van der Waals surface area contributed by atoms with Crippen LogP contribution in [0.2, 0.25) is 0 Å². The van der Waals surface area contributed by atoms with Crippen LogP contribution in [0.5, 0.6) is 0 Å². The maximum atomic E-state index is 14.3. The third-order valence-corrected chi connectivity index (χ3v) is 4.95. The molecule has 1 atom stereocenters. The van der Waals surface area contributed by atoms with Crippen molar-refractivity contribution < 1.29 is 21.8 Å². The molecule has 1 unspecified atom stereocenters.